The topological polar surface area (TPSA) is 74.5 Å². The number of likely N-dealkylation sites (N-methyl/N-ethyl adjacent to an activating group) is 1. The lowest BCUT2D eigenvalue weighted by atomic mass is 10.1. The second kappa shape index (κ2) is 7.93. The fraction of sp³-hybridized carbons (Fsp3) is 0.611. The highest BCUT2D eigenvalue weighted by Crippen LogP contribution is 2.21. The minimum absolute atomic E-state index is 0.0856. The molecule has 7 nitrogen and oxygen atoms in total. The van der Waals surface area contributed by atoms with Gasteiger partial charge in [-0.3, -0.25) is 4.79 Å². The highest BCUT2D eigenvalue weighted by atomic mass is 16.5. The molecule has 2 aromatic heterocycles. The van der Waals surface area contributed by atoms with Gasteiger partial charge in [0.25, 0.3) is 11.6 Å². The highest BCUT2D eigenvalue weighted by Gasteiger charge is 2.18. The number of pyridine rings is 1. The van der Waals surface area contributed by atoms with E-state index in [2.05, 4.69) is 32.2 Å². The molecule has 1 aliphatic rings. The Morgan fingerprint density at radius 3 is 2.68 bits per heavy atom. The molecule has 1 amide bonds. The normalized spacial score (nSPS) is 16.4. The summed E-state index contributed by atoms with van der Waals surface area (Å²) in [6.45, 7) is 13.2. The van der Waals surface area contributed by atoms with Gasteiger partial charge in [-0.1, -0.05) is 12.1 Å². The summed E-state index contributed by atoms with van der Waals surface area (Å²) in [5, 5.41) is 7.65. The summed E-state index contributed by atoms with van der Waals surface area (Å²) in [7, 11) is 0. The van der Waals surface area contributed by atoms with Crippen LogP contribution in [-0.2, 0) is 0 Å². The Hall–Kier alpha value is -1.99. The van der Waals surface area contributed by atoms with Gasteiger partial charge in [-0.05, 0) is 39.4 Å². The van der Waals surface area contributed by atoms with E-state index in [9.17, 15) is 4.79 Å². The van der Waals surface area contributed by atoms with Crippen LogP contribution >= 0.6 is 0 Å². The van der Waals surface area contributed by atoms with Gasteiger partial charge in [0.05, 0.1) is 16.6 Å². The van der Waals surface area contributed by atoms with E-state index in [4.69, 9.17) is 4.52 Å². The molecule has 136 valence electrons. The van der Waals surface area contributed by atoms with Crippen molar-refractivity contribution in [1.82, 2.24) is 25.3 Å². The summed E-state index contributed by atoms with van der Waals surface area (Å²) in [6, 6.07) is 1.80. The van der Waals surface area contributed by atoms with Crippen molar-refractivity contribution in [2.45, 2.75) is 27.2 Å². The summed E-state index contributed by atoms with van der Waals surface area (Å²) < 4.78 is 5.19. The minimum Gasteiger partial charge on any atom is -0.352 e. The Morgan fingerprint density at radius 1 is 1.24 bits per heavy atom. The Labute approximate surface area is 148 Å². The quantitative estimate of drug-likeness (QED) is 0.802. The number of amides is 1. The third kappa shape index (κ3) is 4.16. The molecule has 0 radical (unpaired) electrons. The predicted molar refractivity (Wildman–Crippen MR) is 96.8 cm³/mol. The standard InChI is InChI=1S/C18H27N5O2/c1-4-22-8-10-23(11-9-22)7-5-6-19-17(24)15-12-13(2)20-18-16(15)14(3)21-25-18/h12H,4-11H2,1-3H3,(H,19,24). The molecule has 0 spiro atoms. The largest absolute Gasteiger partial charge is 0.352 e. The molecule has 1 aliphatic heterocycles. The molecule has 1 saturated heterocycles. The fourth-order valence-corrected chi connectivity index (χ4v) is 3.33. The van der Waals surface area contributed by atoms with Crippen LogP contribution in [0.3, 0.4) is 0 Å². The van der Waals surface area contributed by atoms with E-state index >= 15 is 0 Å². The Balaban J connectivity index is 1.51. The zero-order valence-corrected chi connectivity index (χ0v) is 15.3. The van der Waals surface area contributed by atoms with Crippen molar-refractivity contribution >= 4 is 17.0 Å². The number of hydrogen-bond acceptors (Lipinski definition) is 6. The molecule has 0 aromatic carbocycles. The minimum atomic E-state index is -0.0856. The van der Waals surface area contributed by atoms with E-state index in [-0.39, 0.29) is 5.91 Å². The molecule has 0 aliphatic carbocycles. The second-order valence-electron chi connectivity index (χ2n) is 6.64. The van der Waals surface area contributed by atoms with Gasteiger partial charge in [0.1, 0.15) is 0 Å². The van der Waals surface area contributed by atoms with Crippen LogP contribution in [0.1, 0.15) is 35.1 Å². The third-order valence-electron chi connectivity index (χ3n) is 4.84. The summed E-state index contributed by atoms with van der Waals surface area (Å²) in [5.41, 5.74) is 2.47. The highest BCUT2D eigenvalue weighted by molar-refractivity contribution is 6.05. The maximum absolute atomic E-state index is 12.6. The molecule has 0 atom stereocenters. The number of aromatic nitrogens is 2. The number of aryl methyl sites for hydroxylation is 2. The average Bonchev–Trinajstić information content (AvgIpc) is 2.99. The molecule has 3 rings (SSSR count). The number of fused-ring (bicyclic) bond motifs is 1. The molecular formula is C18H27N5O2. The smallest absolute Gasteiger partial charge is 0.258 e. The van der Waals surface area contributed by atoms with Crippen molar-refractivity contribution in [3.63, 3.8) is 0 Å². The summed E-state index contributed by atoms with van der Waals surface area (Å²) in [6.07, 6.45) is 0.952. The molecular weight excluding hydrogens is 318 g/mol. The van der Waals surface area contributed by atoms with Crippen LogP contribution in [0.2, 0.25) is 0 Å². The number of carbonyl (C=O) groups is 1. The molecule has 1 fully saturated rings. The SMILES string of the molecule is CCN1CCN(CCCNC(=O)c2cc(C)nc3onc(C)c23)CC1. The van der Waals surface area contributed by atoms with E-state index in [1.54, 1.807) is 6.07 Å². The second-order valence-corrected chi connectivity index (χ2v) is 6.64. The lowest BCUT2D eigenvalue weighted by molar-refractivity contribution is 0.0949. The van der Waals surface area contributed by atoms with E-state index in [1.807, 2.05) is 13.8 Å². The van der Waals surface area contributed by atoms with E-state index in [0.29, 0.717) is 28.9 Å². The lowest BCUT2D eigenvalue weighted by Crippen LogP contribution is -2.46. The molecule has 25 heavy (non-hydrogen) atoms. The first-order chi connectivity index (χ1) is 12.1. The van der Waals surface area contributed by atoms with Crippen molar-refractivity contribution in [3.05, 3.63) is 23.0 Å². The van der Waals surface area contributed by atoms with Gasteiger partial charge in [-0.15, -0.1) is 0 Å². The van der Waals surface area contributed by atoms with E-state index in [0.717, 1.165) is 51.4 Å². The zero-order valence-electron chi connectivity index (χ0n) is 15.3. The van der Waals surface area contributed by atoms with Crippen LogP contribution < -0.4 is 5.32 Å². The van der Waals surface area contributed by atoms with Gasteiger partial charge in [-0.2, -0.15) is 0 Å². The number of nitrogens with zero attached hydrogens (tertiary/aromatic N) is 4. The first kappa shape index (κ1) is 17.8. The van der Waals surface area contributed by atoms with Crippen LogP contribution in [0.25, 0.3) is 11.1 Å². The van der Waals surface area contributed by atoms with Crippen molar-refractivity contribution in [3.8, 4) is 0 Å². The van der Waals surface area contributed by atoms with Gasteiger partial charge in [0.15, 0.2) is 0 Å². The van der Waals surface area contributed by atoms with E-state index < -0.39 is 0 Å². The van der Waals surface area contributed by atoms with Gasteiger partial charge in [0.2, 0.25) is 0 Å². The maximum atomic E-state index is 12.6. The third-order valence-corrected chi connectivity index (χ3v) is 4.84. The number of carbonyl (C=O) groups excluding carboxylic acids is 1. The van der Waals surface area contributed by atoms with Crippen LogP contribution in [0.5, 0.6) is 0 Å². The molecule has 1 N–H and O–H groups in total. The Bertz CT molecular complexity index is 734. The average molecular weight is 345 g/mol. The number of nitrogens with one attached hydrogen (secondary N) is 1. The summed E-state index contributed by atoms with van der Waals surface area (Å²) >= 11 is 0. The van der Waals surface area contributed by atoms with Crippen LogP contribution in [0.15, 0.2) is 10.6 Å². The van der Waals surface area contributed by atoms with Gasteiger partial charge >= 0.3 is 0 Å². The van der Waals surface area contributed by atoms with Crippen molar-refractivity contribution in [1.29, 1.82) is 0 Å². The zero-order chi connectivity index (χ0) is 17.8. The number of hydrogen-bond donors (Lipinski definition) is 1. The van der Waals surface area contributed by atoms with Crippen molar-refractivity contribution < 1.29 is 9.32 Å². The maximum Gasteiger partial charge on any atom is 0.258 e. The van der Waals surface area contributed by atoms with E-state index in [1.165, 1.54) is 0 Å². The molecule has 2 aromatic rings. The Morgan fingerprint density at radius 2 is 1.96 bits per heavy atom. The fourth-order valence-electron chi connectivity index (χ4n) is 3.33. The van der Waals surface area contributed by atoms with Gasteiger partial charge in [0, 0.05) is 38.4 Å². The van der Waals surface area contributed by atoms with Gasteiger partial charge in [-0.25, -0.2) is 4.98 Å². The van der Waals surface area contributed by atoms with Crippen LogP contribution in [-0.4, -0.2) is 71.7 Å². The van der Waals surface area contributed by atoms with Crippen molar-refractivity contribution in [2.24, 2.45) is 0 Å². The Kier molecular flexibility index (Phi) is 5.65. The van der Waals surface area contributed by atoms with Gasteiger partial charge < -0.3 is 19.6 Å². The van der Waals surface area contributed by atoms with Crippen LogP contribution in [0.4, 0.5) is 0 Å². The monoisotopic (exact) mass is 345 g/mol. The molecule has 0 bridgehead atoms. The first-order valence-corrected chi connectivity index (χ1v) is 9.05. The van der Waals surface area contributed by atoms with Crippen molar-refractivity contribution in [2.75, 3.05) is 45.8 Å². The predicted octanol–water partition coefficient (Wildman–Crippen LogP) is 1.60. The first-order valence-electron chi connectivity index (χ1n) is 9.05. The molecule has 0 saturated carbocycles. The molecule has 3 heterocycles. The summed E-state index contributed by atoms with van der Waals surface area (Å²) in [5.74, 6) is -0.0856. The summed E-state index contributed by atoms with van der Waals surface area (Å²) in [4.78, 5) is 21.8. The lowest BCUT2D eigenvalue weighted by Gasteiger charge is -2.33. The number of rotatable bonds is 6. The molecule has 0 unspecified atom stereocenters. The molecule has 7 heteroatoms. The number of piperazine rings is 1. The van der Waals surface area contributed by atoms with Crippen LogP contribution in [0, 0.1) is 13.8 Å².